The molecule has 0 atom stereocenters. The first-order valence-corrected chi connectivity index (χ1v) is 6.51. The van der Waals surface area contributed by atoms with Crippen LogP contribution in [0.2, 0.25) is 5.28 Å². The molecule has 0 saturated heterocycles. The lowest BCUT2D eigenvalue weighted by atomic mass is 10.2. The molecular formula is C14H11ClN4O2. The van der Waals surface area contributed by atoms with E-state index in [-0.39, 0.29) is 11.0 Å². The maximum atomic E-state index is 11.1. The van der Waals surface area contributed by atoms with Crippen molar-refractivity contribution in [2.75, 3.05) is 5.32 Å². The Labute approximate surface area is 125 Å². The van der Waals surface area contributed by atoms with Gasteiger partial charge >= 0.3 is 5.97 Å². The van der Waals surface area contributed by atoms with Gasteiger partial charge in [0.05, 0.1) is 0 Å². The Balaban J connectivity index is 1.99. The zero-order valence-electron chi connectivity index (χ0n) is 11.0. The number of aromatic carboxylic acids is 1. The highest BCUT2D eigenvalue weighted by Crippen LogP contribution is 2.24. The molecule has 2 aromatic heterocycles. The molecule has 106 valence electrons. The Morgan fingerprint density at radius 2 is 2.14 bits per heavy atom. The van der Waals surface area contributed by atoms with Gasteiger partial charge in [-0.3, -0.25) is 0 Å². The Bertz CT molecular complexity index is 844. The number of halogens is 1. The van der Waals surface area contributed by atoms with Crippen LogP contribution in [0.3, 0.4) is 0 Å². The fourth-order valence-corrected chi connectivity index (χ4v) is 2.33. The summed E-state index contributed by atoms with van der Waals surface area (Å²) in [6.07, 6.45) is 1.56. The van der Waals surface area contributed by atoms with Gasteiger partial charge in [-0.1, -0.05) is 0 Å². The van der Waals surface area contributed by atoms with Gasteiger partial charge in [0, 0.05) is 29.8 Å². The van der Waals surface area contributed by atoms with Crippen LogP contribution in [-0.4, -0.2) is 25.6 Å². The first-order chi connectivity index (χ1) is 10.0. The third kappa shape index (κ3) is 2.53. The van der Waals surface area contributed by atoms with Crippen LogP contribution >= 0.6 is 11.6 Å². The molecule has 6 nitrogen and oxygen atoms in total. The molecule has 0 radical (unpaired) electrons. The summed E-state index contributed by atoms with van der Waals surface area (Å²) in [6, 6.07) is 8.90. The van der Waals surface area contributed by atoms with Gasteiger partial charge in [-0.15, -0.1) is 0 Å². The van der Waals surface area contributed by atoms with Gasteiger partial charge in [0.1, 0.15) is 11.5 Å². The molecule has 7 heteroatoms. The van der Waals surface area contributed by atoms with Crippen LogP contribution in [0, 0.1) is 0 Å². The SMILES string of the molecule is Cn1c(C(=O)O)cc2cc(Nc3ccnc(Cl)n3)ccc21. The van der Waals surface area contributed by atoms with E-state index in [1.807, 2.05) is 18.2 Å². The summed E-state index contributed by atoms with van der Waals surface area (Å²) in [4.78, 5) is 19.0. The van der Waals surface area contributed by atoms with Crippen LogP contribution in [0.25, 0.3) is 10.9 Å². The zero-order valence-corrected chi connectivity index (χ0v) is 11.8. The van der Waals surface area contributed by atoms with Crippen molar-refractivity contribution in [1.29, 1.82) is 0 Å². The number of nitrogens with one attached hydrogen (secondary N) is 1. The van der Waals surface area contributed by atoms with Crippen molar-refractivity contribution >= 4 is 40.0 Å². The van der Waals surface area contributed by atoms with Crippen LogP contribution in [0.15, 0.2) is 36.5 Å². The summed E-state index contributed by atoms with van der Waals surface area (Å²) in [5.74, 6) is -0.380. The lowest BCUT2D eigenvalue weighted by molar-refractivity contribution is 0.0687. The second-order valence-corrected chi connectivity index (χ2v) is 4.84. The molecule has 0 fully saturated rings. The van der Waals surface area contributed by atoms with Gasteiger partial charge in [-0.25, -0.2) is 14.8 Å². The fourth-order valence-electron chi connectivity index (χ4n) is 2.18. The predicted molar refractivity (Wildman–Crippen MR) is 80.2 cm³/mol. The Morgan fingerprint density at radius 3 is 2.86 bits per heavy atom. The molecule has 0 aliphatic heterocycles. The normalized spacial score (nSPS) is 10.8. The molecule has 0 aliphatic carbocycles. The maximum absolute atomic E-state index is 11.1. The van der Waals surface area contributed by atoms with Gasteiger partial charge in [0.25, 0.3) is 0 Å². The third-order valence-electron chi connectivity index (χ3n) is 3.16. The molecular weight excluding hydrogens is 292 g/mol. The van der Waals surface area contributed by atoms with Crippen LogP contribution in [-0.2, 0) is 7.05 Å². The average Bonchev–Trinajstić information content (AvgIpc) is 2.76. The first kappa shape index (κ1) is 13.4. The second-order valence-electron chi connectivity index (χ2n) is 4.50. The number of rotatable bonds is 3. The highest BCUT2D eigenvalue weighted by molar-refractivity contribution is 6.28. The summed E-state index contributed by atoms with van der Waals surface area (Å²) >= 11 is 5.73. The average molecular weight is 303 g/mol. The molecule has 3 aromatic rings. The van der Waals surface area contributed by atoms with Crippen LogP contribution < -0.4 is 5.32 Å². The minimum Gasteiger partial charge on any atom is -0.477 e. The number of anilines is 2. The first-order valence-electron chi connectivity index (χ1n) is 6.13. The Morgan fingerprint density at radius 1 is 1.33 bits per heavy atom. The molecule has 2 N–H and O–H groups in total. The molecule has 1 aromatic carbocycles. The molecule has 0 spiro atoms. The van der Waals surface area contributed by atoms with Crippen molar-refractivity contribution < 1.29 is 9.90 Å². The highest BCUT2D eigenvalue weighted by Gasteiger charge is 2.12. The topological polar surface area (TPSA) is 80.0 Å². The van der Waals surface area contributed by atoms with E-state index in [4.69, 9.17) is 16.7 Å². The van der Waals surface area contributed by atoms with E-state index >= 15 is 0 Å². The highest BCUT2D eigenvalue weighted by atomic mass is 35.5. The smallest absolute Gasteiger partial charge is 0.352 e. The molecule has 0 unspecified atom stereocenters. The number of aryl methyl sites for hydroxylation is 1. The van der Waals surface area contributed by atoms with Gasteiger partial charge in [-0.05, 0) is 41.9 Å². The minimum absolute atomic E-state index is 0.161. The van der Waals surface area contributed by atoms with Crippen molar-refractivity contribution in [2.45, 2.75) is 0 Å². The van der Waals surface area contributed by atoms with E-state index in [0.717, 1.165) is 16.6 Å². The summed E-state index contributed by atoms with van der Waals surface area (Å²) < 4.78 is 1.64. The summed E-state index contributed by atoms with van der Waals surface area (Å²) in [6.45, 7) is 0. The number of nitrogens with zero attached hydrogens (tertiary/aromatic N) is 3. The van der Waals surface area contributed by atoms with Crippen molar-refractivity contribution in [3.63, 3.8) is 0 Å². The number of fused-ring (bicyclic) bond motifs is 1. The third-order valence-corrected chi connectivity index (χ3v) is 3.34. The van der Waals surface area contributed by atoms with Crippen LogP contribution in [0.1, 0.15) is 10.5 Å². The Hall–Kier alpha value is -2.60. The zero-order chi connectivity index (χ0) is 15.0. The summed E-state index contributed by atoms with van der Waals surface area (Å²) in [7, 11) is 1.73. The van der Waals surface area contributed by atoms with Crippen molar-refractivity contribution in [3.05, 3.63) is 47.5 Å². The van der Waals surface area contributed by atoms with E-state index in [9.17, 15) is 4.79 Å². The van der Waals surface area contributed by atoms with E-state index in [1.165, 1.54) is 0 Å². The standard InChI is InChI=1S/C14H11ClN4O2/c1-19-10-3-2-9(6-8(10)7-11(19)13(20)21)17-12-4-5-16-14(15)18-12/h2-7H,1H3,(H,20,21)(H,16,17,18). The van der Waals surface area contributed by atoms with Gasteiger partial charge in [0.15, 0.2) is 0 Å². The number of aromatic nitrogens is 3. The number of carboxylic acids is 1. The van der Waals surface area contributed by atoms with Gasteiger partial charge in [-0.2, -0.15) is 0 Å². The van der Waals surface area contributed by atoms with Crippen molar-refractivity contribution in [1.82, 2.24) is 14.5 Å². The monoisotopic (exact) mass is 302 g/mol. The summed E-state index contributed by atoms with van der Waals surface area (Å²) in [5.41, 5.74) is 1.88. The van der Waals surface area contributed by atoms with Crippen LogP contribution in [0.4, 0.5) is 11.5 Å². The maximum Gasteiger partial charge on any atom is 0.352 e. The molecule has 3 rings (SSSR count). The van der Waals surface area contributed by atoms with Crippen molar-refractivity contribution in [2.24, 2.45) is 7.05 Å². The Kier molecular flexibility index (Phi) is 3.23. The van der Waals surface area contributed by atoms with E-state index in [0.29, 0.717) is 5.82 Å². The number of carbonyl (C=O) groups is 1. The number of benzene rings is 1. The predicted octanol–water partition coefficient (Wildman–Crippen LogP) is 3.06. The number of carboxylic acid groups (broad SMARTS) is 1. The molecule has 0 saturated carbocycles. The molecule has 0 bridgehead atoms. The van der Waals surface area contributed by atoms with E-state index in [2.05, 4.69) is 15.3 Å². The van der Waals surface area contributed by atoms with Gasteiger partial charge < -0.3 is 15.0 Å². The van der Waals surface area contributed by atoms with Crippen LogP contribution in [0.5, 0.6) is 0 Å². The van der Waals surface area contributed by atoms with E-state index < -0.39 is 5.97 Å². The number of hydrogen-bond acceptors (Lipinski definition) is 4. The van der Waals surface area contributed by atoms with E-state index in [1.54, 1.807) is 29.9 Å². The number of hydrogen-bond donors (Lipinski definition) is 2. The lowest BCUT2D eigenvalue weighted by Gasteiger charge is -2.06. The molecule has 21 heavy (non-hydrogen) atoms. The lowest BCUT2D eigenvalue weighted by Crippen LogP contribution is -2.03. The molecule has 0 amide bonds. The largest absolute Gasteiger partial charge is 0.477 e. The quantitative estimate of drug-likeness (QED) is 0.727. The second kappa shape index (κ2) is 5.06. The van der Waals surface area contributed by atoms with Gasteiger partial charge in [0.2, 0.25) is 5.28 Å². The minimum atomic E-state index is -0.953. The summed E-state index contributed by atoms with van der Waals surface area (Å²) in [5, 5.41) is 13.2. The van der Waals surface area contributed by atoms with Crippen molar-refractivity contribution in [3.8, 4) is 0 Å². The fraction of sp³-hybridized carbons (Fsp3) is 0.0714. The molecule has 2 heterocycles. The molecule has 0 aliphatic rings.